The van der Waals surface area contributed by atoms with E-state index >= 15 is 0 Å². The van der Waals surface area contributed by atoms with Gasteiger partial charge in [-0.1, -0.05) is 35.9 Å². The van der Waals surface area contributed by atoms with Gasteiger partial charge in [0.25, 0.3) is 11.5 Å². The zero-order valence-electron chi connectivity index (χ0n) is 15.4. The second kappa shape index (κ2) is 7.41. The number of nitrogens with one attached hydrogen (secondary N) is 2. The van der Waals surface area contributed by atoms with Gasteiger partial charge in [0, 0.05) is 18.1 Å². The molecule has 0 fully saturated rings. The van der Waals surface area contributed by atoms with E-state index in [0.717, 1.165) is 15.8 Å². The molecule has 0 aliphatic rings. The molecule has 138 valence electrons. The van der Waals surface area contributed by atoms with Crippen molar-refractivity contribution in [1.29, 1.82) is 0 Å². The Balaban J connectivity index is 1.96. The first-order valence-corrected chi connectivity index (χ1v) is 8.49. The number of aromatic nitrogens is 2. The average Bonchev–Trinajstić information content (AvgIpc) is 2.65. The molecule has 2 amide bonds. The minimum absolute atomic E-state index is 0.104. The van der Waals surface area contributed by atoms with Crippen LogP contribution in [0.2, 0.25) is 0 Å². The average molecular weight is 364 g/mol. The number of carbonyl (C=O) groups is 2. The zero-order chi connectivity index (χ0) is 19.6. The first-order chi connectivity index (χ1) is 12.9. The maximum atomic E-state index is 12.7. The van der Waals surface area contributed by atoms with Gasteiger partial charge in [0.15, 0.2) is 5.69 Å². The molecule has 0 aliphatic carbocycles. The highest BCUT2D eigenvalue weighted by Crippen LogP contribution is 2.16. The quantitative estimate of drug-likeness (QED) is 0.741. The fourth-order valence-corrected chi connectivity index (χ4v) is 2.91. The zero-order valence-corrected chi connectivity index (χ0v) is 15.4. The summed E-state index contributed by atoms with van der Waals surface area (Å²) in [5.74, 6) is -0.815. The Bertz CT molecular complexity index is 1100. The van der Waals surface area contributed by atoms with Gasteiger partial charge in [-0.25, -0.2) is 4.68 Å². The van der Waals surface area contributed by atoms with E-state index in [2.05, 4.69) is 15.7 Å². The number of aryl methyl sites for hydroxylation is 2. The fourth-order valence-electron chi connectivity index (χ4n) is 2.91. The Morgan fingerprint density at radius 1 is 1.07 bits per heavy atom. The molecule has 0 saturated heterocycles. The van der Waals surface area contributed by atoms with Crippen molar-refractivity contribution in [2.45, 2.75) is 20.4 Å². The van der Waals surface area contributed by atoms with Crippen LogP contribution in [-0.4, -0.2) is 28.6 Å². The second-order valence-corrected chi connectivity index (χ2v) is 6.30. The van der Waals surface area contributed by atoms with Crippen molar-refractivity contribution in [3.8, 4) is 0 Å². The lowest BCUT2D eigenvalue weighted by atomic mass is 10.1. The third-order valence-corrected chi connectivity index (χ3v) is 4.26. The number of rotatable bonds is 4. The minimum Gasteiger partial charge on any atom is -0.354 e. The van der Waals surface area contributed by atoms with Gasteiger partial charge in [0.2, 0.25) is 5.91 Å². The van der Waals surface area contributed by atoms with Crippen molar-refractivity contribution in [3.05, 3.63) is 69.6 Å². The minimum atomic E-state index is -0.422. The van der Waals surface area contributed by atoms with Crippen molar-refractivity contribution < 1.29 is 9.59 Å². The summed E-state index contributed by atoms with van der Waals surface area (Å²) in [6.07, 6.45) is 0. The molecule has 0 unspecified atom stereocenters. The Morgan fingerprint density at radius 3 is 2.44 bits per heavy atom. The lowest BCUT2D eigenvalue weighted by Crippen LogP contribution is -2.33. The molecule has 0 radical (unpaired) electrons. The van der Waals surface area contributed by atoms with Gasteiger partial charge in [-0.15, -0.1) is 0 Å². The number of hydrogen-bond donors (Lipinski definition) is 2. The summed E-state index contributed by atoms with van der Waals surface area (Å²) in [5, 5.41) is 10.2. The van der Waals surface area contributed by atoms with E-state index in [1.54, 1.807) is 24.3 Å². The highest BCUT2D eigenvalue weighted by Gasteiger charge is 2.17. The smallest absolute Gasteiger partial charge is 0.275 e. The van der Waals surface area contributed by atoms with Crippen molar-refractivity contribution >= 4 is 28.3 Å². The topological polar surface area (TPSA) is 93.1 Å². The molecule has 3 rings (SSSR count). The molecule has 7 nitrogen and oxygen atoms in total. The van der Waals surface area contributed by atoms with Crippen LogP contribution in [0.4, 0.5) is 5.69 Å². The fraction of sp³-hybridized carbons (Fsp3) is 0.200. The van der Waals surface area contributed by atoms with Gasteiger partial charge in [-0.3, -0.25) is 14.4 Å². The molecule has 2 N–H and O–H groups in total. The summed E-state index contributed by atoms with van der Waals surface area (Å²) in [6.45, 7) is 3.57. The predicted octanol–water partition coefficient (Wildman–Crippen LogP) is 2.01. The van der Waals surface area contributed by atoms with Crippen LogP contribution in [0.3, 0.4) is 0 Å². The molecule has 0 atom stereocenters. The first kappa shape index (κ1) is 18.3. The molecular formula is C20H20N4O3. The number of amides is 2. The molecule has 2 aromatic carbocycles. The van der Waals surface area contributed by atoms with Crippen LogP contribution in [0, 0.1) is 13.8 Å². The van der Waals surface area contributed by atoms with Crippen molar-refractivity contribution in [3.63, 3.8) is 0 Å². The van der Waals surface area contributed by atoms with E-state index in [-0.39, 0.29) is 12.2 Å². The molecule has 0 bridgehead atoms. The van der Waals surface area contributed by atoms with E-state index in [9.17, 15) is 14.4 Å². The van der Waals surface area contributed by atoms with E-state index in [4.69, 9.17) is 0 Å². The third kappa shape index (κ3) is 3.72. The Labute approximate surface area is 156 Å². The van der Waals surface area contributed by atoms with E-state index in [1.807, 2.05) is 32.0 Å². The summed E-state index contributed by atoms with van der Waals surface area (Å²) in [6, 6.07) is 12.4. The number of fused-ring (bicyclic) bond motifs is 1. The summed E-state index contributed by atoms with van der Waals surface area (Å²) < 4.78 is 1.02. The summed E-state index contributed by atoms with van der Waals surface area (Å²) in [7, 11) is 1.49. The largest absolute Gasteiger partial charge is 0.354 e. The molecule has 3 aromatic rings. The summed E-state index contributed by atoms with van der Waals surface area (Å²) >= 11 is 0. The number of nitrogens with zero attached hydrogens (tertiary/aromatic N) is 2. The third-order valence-electron chi connectivity index (χ3n) is 4.26. The Hall–Kier alpha value is -3.48. The molecular weight excluding hydrogens is 344 g/mol. The molecule has 0 aliphatic heterocycles. The number of hydrogen-bond acceptors (Lipinski definition) is 4. The number of benzene rings is 2. The maximum Gasteiger partial charge on any atom is 0.275 e. The van der Waals surface area contributed by atoms with Crippen LogP contribution in [0.1, 0.15) is 21.6 Å². The van der Waals surface area contributed by atoms with Crippen LogP contribution in [0.5, 0.6) is 0 Å². The van der Waals surface area contributed by atoms with Crippen molar-refractivity contribution in [2.24, 2.45) is 0 Å². The van der Waals surface area contributed by atoms with Gasteiger partial charge in [0.05, 0.1) is 5.39 Å². The van der Waals surface area contributed by atoms with Gasteiger partial charge < -0.3 is 10.6 Å². The van der Waals surface area contributed by atoms with Crippen LogP contribution in [0.15, 0.2) is 47.3 Å². The first-order valence-electron chi connectivity index (χ1n) is 8.49. The molecule has 0 spiro atoms. The lowest BCUT2D eigenvalue weighted by Gasteiger charge is -2.12. The van der Waals surface area contributed by atoms with Crippen LogP contribution in [0.25, 0.3) is 10.8 Å². The monoisotopic (exact) mass is 364 g/mol. The van der Waals surface area contributed by atoms with E-state index in [1.165, 1.54) is 7.05 Å². The summed E-state index contributed by atoms with van der Waals surface area (Å²) in [5.41, 5.74) is 2.37. The maximum absolute atomic E-state index is 12.7. The number of carbonyl (C=O) groups excluding carboxylic acids is 2. The summed E-state index contributed by atoms with van der Waals surface area (Å²) in [4.78, 5) is 37.3. The van der Waals surface area contributed by atoms with Crippen LogP contribution >= 0.6 is 0 Å². The number of anilines is 1. The molecule has 0 saturated carbocycles. The van der Waals surface area contributed by atoms with E-state index in [0.29, 0.717) is 16.5 Å². The van der Waals surface area contributed by atoms with Crippen molar-refractivity contribution in [2.75, 3.05) is 12.4 Å². The predicted molar refractivity (Wildman–Crippen MR) is 104 cm³/mol. The Morgan fingerprint density at radius 2 is 1.78 bits per heavy atom. The normalized spacial score (nSPS) is 10.6. The second-order valence-electron chi connectivity index (χ2n) is 6.30. The van der Waals surface area contributed by atoms with Crippen LogP contribution < -0.4 is 16.2 Å². The molecule has 1 aromatic heterocycles. The highest BCUT2D eigenvalue weighted by atomic mass is 16.2. The molecule has 27 heavy (non-hydrogen) atoms. The van der Waals surface area contributed by atoms with Crippen LogP contribution in [-0.2, 0) is 11.3 Å². The van der Waals surface area contributed by atoms with Gasteiger partial charge >= 0.3 is 0 Å². The molecule has 1 heterocycles. The highest BCUT2D eigenvalue weighted by molar-refractivity contribution is 6.04. The standard InChI is InChI=1S/C20H20N4O3/c1-12-8-9-16(13(2)10-12)22-17(25)11-24-20(27)15-7-5-4-6-14(15)18(23-24)19(26)21-3/h4-10H,11H2,1-3H3,(H,21,26)(H,22,25). The van der Waals surface area contributed by atoms with Gasteiger partial charge in [0.1, 0.15) is 6.54 Å². The SMILES string of the molecule is CNC(=O)c1nn(CC(=O)Nc2ccc(C)cc2C)c(=O)c2ccccc12. The Kier molecular flexibility index (Phi) is 5.03. The van der Waals surface area contributed by atoms with Crippen molar-refractivity contribution in [1.82, 2.24) is 15.1 Å². The molecule has 7 heteroatoms. The van der Waals surface area contributed by atoms with E-state index < -0.39 is 17.4 Å². The van der Waals surface area contributed by atoms with Gasteiger partial charge in [-0.2, -0.15) is 5.10 Å². The lowest BCUT2D eigenvalue weighted by molar-refractivity contribution is -0.117. The van der Waals surface area contributed by atoms with Gasteiger partial charge in [-0.05, 0) is 31.5 Å².